The molecule has 2 aliphatic heterocycles. The number of nitrogens with zero attached hydrogens (tertiary/aromatic N) is 1. The normalized spacial score (nSPS) is 32.5. The minimum Gasteiger partial charge on any atom is -0.327 e. The van der Waals surface area contributed by atoms with Gasteiger partial charge in [0, 0.05) is 18.1 Å². The van der Waals surface area contributed by atoms with E-state index in [0.29, 0.717) is 12.0 Å². The highest BCUT2D eigenvalue weighted by atomic mass is 15.2. The van der Waals surface area contributed by atoms with E-state index in [2.05, 4.69) is 43.1 Å². The van der Waals surface area contributed by atoms with Crippen LogP contribution in [0.2, 0.25) is 0 Å². The molecular formula is C17H26N2. The Morgan fingerprint density at radius 3 is 2.47 bits per heavy atom. The molecular weight excluding hydrogens is 232 g/mol. The van der Waals surface area contributed by atoms with E-state index in [9.17, 15) is 0 Å². The van der Waals surface area contributed by atoms with Crippen LogP contribution >= 0.6 is 0 Å². The molecule has 0 aromatic heterocycles. The molecule has 2 bridgehead atoms. The maximum Gasteiger partial charge on any atom is 0.0109 e. The van der Waals surface area contributed by atoms with Gasteiger partial charge in [-0.05, 0) is 63.1 Å². The van der Waals surface area contributed by atoms with Crippen molar-refractivity contribution in [2.24, 2.45) is 11.7 Å². The summed E-state index contributed by atoms with van der Waals surface area (Å²) in [7, 11) is 2.30. The van der Waals surface area contributed by atoms with Crippen molar-refractivity contribution in [1.82, 2.24) is 4.90 Å². The average molecular weight is 258 g/mol. The first-order valence-electron chi connectivity index (χ1n) is 7.67. The van der Waals surface area contributed by atoms with Crippen LogP contribution in [0.1, 0.15) is 36.8 Å². The minimum absolute atomic E-state index is 0.331. The maximum atomic E-state index is 6.53. The van der Waals surface area contributed by atoms with Gasteiger partial charge in [-0.25, -0.2) is 0 Å². The van der Waals surface area contributed by atoms with Crippen LogP contribution in [-0.4, -0.2) is 30.1 Å². The van der Waals surface area contributed by atoms with Crippen LogP contribution in [0.15, 0.2) is 24.3 Å². The van der Waals surface area contributed by atoms with E-state index in [-0.39, 0.29) is 0 Å². The summed E-state index contributed by atoms with van der Waals surface area (Å²) in [5.74, 6) is 0.716. The molecule has 2 saturated heterocycles. The number of hydrogen-bond acceptors (Lipinski definition) is 2. The lowest BCUT2D eigenvalue weighted by molar-refractivity contribution is 0.120. The fraction of sp³-hybridized carbons (Fsp3) is 0.647. The van der Waals surface area contributed by atoms with Crippen molar-refractivity contribution in [3.8, 4) is 0 Å². The molecule has 2 heteroatoms. The largest absolute Gasteiger partial charge is 0.327 e. The minimum atomic E-state index is 0.331. The molecule has 2 aliphatic rings. The topological polar surface area (TPSA) is 29.3 Å². The standard InChI is InChI=1S/C17H26N2/c1-12-5-3-4-6-13(12)11-17(18)14-9-15-7-8-16(10-14)19(15)2/h3-6,14-17H,7-11,18H2,1-2H3. The summed E-state index contributed by atoms with van der Waals surface area (Å²) in [5.41, 5.74) is 9.34. The summed E-state index contributed by atoms with van der Waals surface area (Å²) in [5, 5.41) is 0. The maximum absolute atomic E-state index is 6.53. The van der Waals surface area contributed by atoms with Gasteiger partial charge in [-0.2, -0.15) is 0 Å². The Bertz CT molecular complexity index is 429. The number of benzene rings is 1. The lowest BCUT2D eigenvalue weighted by Crippen LogP contribution is -2.46. The first-order chi connectivity index (χ1) is 9.15. The summed E-state index contributed by atoms with van der Waals surface area (Å²) in [6.07, 6.45) is 6.42. The van der Waals surface area contributed by atoms with Gasteiger partial charge in [-0.3, -0.25) is 0 Å². The Morgan fingerprint density at radius 1 is 1.21 bits per heavy atom. The third-order valence-corrected chi connectivity index (χ3v) is 5.46. The number of fused-ring (bicyclic) bond motifs is 2. The predicted molar refractivity (Wildman–Crippen MR) is 80.2 cm³/mol. The van der Waals surface area contributed by atoms with Crippen LogP contribution in [0.25, 0.3) is 0 Å². The van der Waals surface area contributed by atoms with Gasteiger partial charge in [0.05, 0.1) is 0 Å². The Hall–Kier alpha value is -0.860. The second-order valence-electron chi connectivity index (χ2n) is 6.58. The van der Waals surface area contributed by atoms with Gasteiger partial charge in [0.15, 0.2) is 0 Å². The summed E-state index contributed by atoms with van der Waals surface area (Å²) in [6.45, 7) is 2.19. The Balaban J connectivity index is 1.65. The lowest BCUT2D eigenvalue weighted by Gasteiger charge is -2.39. The van der Waals surface area contributed by atoms with E-state index < -0.39 is 0 Å². The van der Waals surface area contributed by atoms with Crippen molar-refractivity contribution in [2.75, 3.05) is 7.05 Å². The van der Waals surface area contributed by atoms with Gasteiger partial charge < -0.3 is 10.6 Å². The summed E-state index contributed by atoms with van der Waals surface area (Å²) in [6, 6.07) is 10.6. The number of rotatable bonds is 3. The van der Waals surface area contributed by atoms with Crippen molar-refractivity contribution in [3.63, 3.8) is 0 Å². The van der Waals surface area contributed by atoms with Gasteiger partial charge >= 0.3 is 0 Å². The summed E-state index contributed by atoms with van der Waals surface area (Å²) >= 11 is 0. The first-order valence-corrected chi connectivity index (χ1v) is 7.67. The summed E-state index contributed by atoms with van der Waals surface area (Å²) < 4.78 is 0. The molecule has 0 spiro atoms. The fourth-order valence-electron chi connectivity index (χ4n) is 4.06. The van der Waals surface area contributed by atoms with Crippen LogP contribution in [0, 0.1) is 12.8 Å². The van der Waals surface area contributed by atoms with Gasteiger partial charge in [-0.1, -0.05) is 24.3 Å². The molecule has 104 valence electrons. The van der Waals surface area contributed by atoms with Crippen LogP contribution in [0.5, 0.6) is 0 Å². The van der Waals surface area contributed by atoms with E-state index in [4.69, 9.17) is 5.73 Å². The van der Waals surface area contributed by atoms with Crippen molar-refractivity contribution in [2.45, 2.75) is 57.2 Å². The smallest absolute Gasteiger partial charge is 0.0109 e. The number of nitrogens with two attached hydrogens (primary N) is 1. The van der Waals surface area contributed by atoms with Crippen molar-refractivity contribution < 1.29 is 0 Å². The third-order valence-electron chi connectivity index (χ3n) is 5.46. The van der Waals surface area contributed by atoms with Gasteiger partial charge in [-0.15, -0.1) is 0 Å². The average Bonchev–Trinajstić information content (AvgIpc) is 2.64. The Morgan fingerprint density at radius 2 is 1.84 bits per heavy atom. The molecule has 0 saturated carbocycles. The van der Waals surface area contributed by atoms with Gasteiger partial charge in [0.2, 0.25) is 0 Å². The number of hydrogen-bond donors (Lipinski definition) is 1. The molecule has 1 aromatic rings. The molecule has 2 N–H and O–H groups in total. The SMILES string of the molecule is Cc1ccccc1CC(N)C1CC2CCC(C1)N2C. The van der Waals surface area contributed by atoms with Crippen molar-refractivity contribution >= 4 is 0 Å². The zero-order chi connectivity index (χ0) is 13.4. The highest BCUT2D eigenvalue weighted by Gasteiger charge is 2.40. The Labute approximate surface area is 117 Å². The molecule has 19 heavy (non-hydrogen) atoms. The summed E-state index contributed by atoms with van der Waals surface area (Å²) in [4.78, 5) is 2.59. The molecule has 2 nitrogen and oxygen atoms in total. The Kier molecular flexibility index (Phi) is 3.64. The van der Waals surface area contributed by atoms with Crippen molar-refractivity contribution in [1.29, 1.82) is 0 Å². The highest BCUT2D eigenvalue weighted by Crippen LogP contribution is 2.38. The second-order valence-corrected chi connectivity index (χ2v) is 6.58. The molecule has 0 radical (unpaired) electrons. The molecule has 1 aromatic carbocycles. The van der Waals surface area contributed by atoms with Crippen LogP contribution in [0.3, 0.4) is 0 Å². The molecule has 0 aliphatic carbocycles. The van der Waals surface area contributed by atoms with E-state index in [1.807, 2.05) is 0 Å². The van der Waals surface area contributed by atoms with E-state index in [1.54, 1.807) is 0 Å². The van der Waals surface area contributed by atoms with Crippen molar-refractivity contribution in [3.05, 3.63) is 35.4 Å². The zero-order valence-corrected chi connectivity index (χ0v) is 12.2. The molecule has 0 amide bonds. The second kappa shape index (κ2) is 5.26. The molecule has 2 fully saturated rings. The van der Waals surface area contributed by atoms with E-state index in [0.717, 1.165) is 18.5 Å². The van der Waals surface area contributed by atoms with Crippen LogP contribution in [-0.2, 0) is 6.42 Å². The van der Waals surface area contributed by atoms with E-state index >= 15 is 0 Å². The molecule has 2 heterocycles. The monoisotopic (exact) mass is 258 g/mol. The van der Waals surface area contributed by atoms with Crippen LogP contribution in [0.4, 0.5) is 0 Å². The first kappa shape index (κ1) is 13.1. The predicted octanol–water partition coefficient (Wildman–Crippen LogP) is 2.74. The van der Waals surface area contributed by atoms with Crippen LogP contribution < -0.4 is 5.73 Å². The number of piperidine rings is 1. The van der Waals surface area contributed by atoms with Gasteiger partial charge in [0.25, 0.3) is 0 Å². The number of aryl methyl sites for hydroxylation is 1. The third kappa shape index (κ3) is 2.56. The lowest BCUT2D eigenvalue weighted by atomic mass is 9.82. The molecule has 3 atom stereocenters. The van der Waals surface area contributed by atoms with Gasteiger partial charge in [0.1, 0.15) is 0 Å². The van der Waals surface area contributed by atoms with E-state index in [1.165, 1.54) is 36.8 Å². The highest BCUT2D eigenvalue weighted by molar-refractivity contribution is 5.26. The molecule has 3 rings (SSSR count). The fourth-order valence-corrected chi connectivity index (χ4v) is 4.06. The quantitative estimate of drug-likeness (QED) is 0.903. The molecule has 3 unspecified atom stereocenters. The zero-order valence-electron chi connectivity index (χ0n) is 12.2.